The lowest BCUT2D eigenvalue weighted by Gasteiger charge is -2.10. The lowest BCUT2D eigenvalue weighted by atomic mass is 10.1. The zero-order chi connectivity index (χ0) is 13.1. The van der Waals surface area contributed by atoms with Gasteiger partial charge in [0.15, 0.2) is 0 Å². The molecule has 1 aromatic carbocycles. The van der Waals surface area contributed by atoms with Gasteiger partial charge in [0, 0.05) is 30.9 Å². The van der Waals surface area contributed by atoms with Gasteiger partial charge in [-0.1, -0.05) is 33.8 Å². The summed E-state index contributed by atoms with van der Waals surface area (Å²) < 4.78 is 5.29. The minimum Gasteiger partial charge on any atom is -0.496 e. The van der Waals surface area contributed by atoms with Crippen LogP contribution in [0, 0.1) is 0 Å². The van der Waals surface area contributed by atoms with Crippen LogP contribution in [0.3, 0.4) is 0 Å². The van der Waals surface area contributed by atoms with Crippen molar-refractivity contribution in [3.05, 3.63) is 23.8 Å². The number of ether oxygens (including phenoxy) is 1. The number of nitrogens with one attached hydrogen (secondary N) is 2. The number of methoxy groups -OCH3 is 1. The van der Waals surface area contributed by atoms with Crippen LogP contribution in [-0.2, 0) is 6.54 Å². The van der Waals surface area contributed by atoms with Crippen LogP contribution in [0.5, 0.6) is 5.75 Å². The van der Waals surface area contributed by atoms with Crippen molar-refractivity contribution in [3.63, 3.8) is 0 Å². The van der Waals surface area contributed by atoms with Crippen LogP contribution in [0.4, 0.5) is 5.69 Å². The highest BCUT2D eigenvalue weighted by molar-refractivity contribution is 5.58. The van der Waals surface area contributed by atoms with Crippen LogP contribution in [0.25, 0.3) is 0 Å². The van der Waals surface area contributed by atoms with E-state index < -0.39 is 0 Å². The van der Waals surface area contributed by atoms with Gasteiger partial charge < -0.3 is 15.4 Å². The zero-order valence-corrected chi connectivity index (χ0v) is 11.8. The van der Waals surface area contributed by atoms with Crippen LogP contribution in [0.15, 0.2) is 18.2 Å². The van der Waals surface area contributed by atoms with E-state index in [2.05, 4.69) is 16.7 Å². The van der Waals surface area contributed by atoms with Gasteiger partial charge in [0.2, 0.25) is 0 Å². The van der Waals surface area contributed by atoms with Gasteiger partial charge in [-0.25, -0.2) is 0 Å². The third-order valence-electron chi connectivity index (χ3n) is 2.27. The summed E-state index contributed by atoms with van der Waals surface area (Å²) in [5.41, 5.74) is 2.41. The molecular formula is C14H26N2O. The van der Waals surface area contributed by atoms with Crippen molar-refractivity contribution in [2.75, 3.05) is 25.5 Å². The van der Waals surface area contributed by atoms with Crippen LogP contribution in [0.2, 0.25) is 0 Å². The Morgan fingerprint density at radius 3 is 2.41 bits per heavy atom. The molecule has 1 aromatic rings. The second-order valence-corrected chi connectivity index (χ2v) is 3.09. The highest BCUT2D eigenvalue weighted by atomic mass is 16.5. The predicted molar refractivity (Wildman–Crippen MR) is 75.9 cm³/mol. The first-order chi connectivity index (χ1) is 8.42. The number of anilines is 1. The minimum absolute atomic E-state index is 0.881. The molecule has 17 heavy (non-hydrogen) atoms. The maximum atomic E-state index is 5.29. The quantitative estimate of drug-likeness (QED) is 0.788. The van der Waals surface area contributed by atoms with Crippen LogP contribution in [0.1, 0.15) is 33.3 Å². The molecule has 2 rings (SSSR count). The number of benzene rings is 1. The third-order valence-corrected chi connectivity index (χ3v) is 2.27. The summed E-state index contributed by atoms with van der Waals surface area (Å²) in [6.07, 6.45) is 0. The summed E-state index contributed by atoms with van der Waals surface area (Å²) in [5, 5.41) is 6.69. The highest BCUT2D eigenvalue weighted by Gasteiger charge is 2.10. The molecule has 98 valence electrons. The van der Waals surface area contributed by atoms with E-state index in [9.17, 15) is 0 Å². The minimum atomic E-state index is 0.881. The fourth-order valence-electron chi connectivity index (χ4n) is 1.60. The molecular weight excluding hydrogens is 212 g/mol. The van der Waals surface area contributed by atoms with Crippen molar-refractivity contribution < 1.29 is 4.74 Å². The number of hydrogen-bond acceptors (Lipinski definition) is 3. The molecule has 0 amide bonds. The fourth-order valence-corrected chi connectivity index (χ4v) is 1.60. The predicted octanol–water partition coefficient (Wildman–Crippen LogP) is 3.26. The molecule has 0 aliphatic carbocycles. The average Bonchev–Trinajstić information content (AvgIpc) is 2.68. The Morgan fingerprint density at radius 2 is 1.76 bits per heavy atom. The van der Waals surface area contributed by atoms with Crippen molar-refractivity contribution in [3.8, 4) is 5.75 Å². The molecule has 0 aromatic heterocycles. The van der Waals surface area contributed by atoms with Crippen LogP contribution in [-0.4, -0.2) is 20.2 Å². The van der Waals surface area contributed by atoms with Gasteiger partial charge in [-0.2, -0.15) is 0 Å². The molecule has 0 saturated carbocycles. The second kappa shape index (κ2) is 9.97. The normalized spacial score (nSPS) is 12.5. The Morgan fingerprint density at radius 1 is 1.06 bits per heavy atom. The molecule has 3 nitrogen and oxygen atoms in total. The topological polar surface area (TPSA) is 33.3 Å². The van der Waals surface area contributed by atoms with E-state index >= 15 is 0 Å². The molecule has 0 bridgehead atoms. The van der Waals surface area contributed by atoms with E-state index in [1.807, 2.05) is 39.8 Å². The van der Waals surface area contributed by atoms with Gasteiger partial charge in [-0.05, 0) is 12.1 Å². The van der Waals surface area contributed by atoms with Gasteiger partial charge >= 0.3 is 0 Å². The summed E-state index contributed by atoms with van der Waals surface area (Å²) >= 11 is 0. The molecule has 0 fully saturated rings. The first-order valence-electron chi connectivity index (χ1n) is 6.52. The summed E-state index contributed by atoms with van der Waals surface area (Å²) in [4.78, 5) is 0. The zero-order valence-electron chi connectivity index (χ0n) is 11.8. The first kappa shape index (κ1) is 15.8. The van der Waals surface area contributed by atoms with E-state index in [1.54, 1.807) is 7.11 Å². The summed E-state index contributed by atoms with van der Waals surface area (Å²) in [6.45, 7) is 10.9. The first-order valence-corrected chi connectivity index (χ1v) is 6.52. The summed E-state index contributed by atoms with van der Waals surface area (Å²) in [6, 6.07) is 6.09. The van der Waals surface area contributed by atoms with E-state index in [4.69, 9.17) is 4.74 Å². The molecule has 0 atom stereocenters. The van der Waals surface area contributed by atoms with Crippen molar-refractivity contribution in [2.24, 2.45) is 0 Å². The molecule has 1 heterocycles. The van der Waals surface area contributed by atoms with Crippen LogP contribution < -0.4 is 15.4 Å². The maximum absolute atomic E-state index is 5.29. The molecule has 3 heteroatoms. The maximum Gasteiger partial charge on any atom is 0.125 e. The highest BCUT2D eigenvalue weighted by Crippen LogP contribution is 2.26. The number of hydrogen-bond donors (Lipinski definition) is 2. The smallest absolute Gasteiger partial charge is 0.125 e. The monoisotopic (exact) mass is 238 g/mol. The molecule has 2 N–H and O–H groups in total. The van der Waals surface area contributed by atoms with Crippen molar-refractivity contribution in [1.82, 2.24) is 5.32 Å². The Hall–Kier alpha value is -1.22. The average molecular weight is 238 g/mol. The van der Waals surface area contributed by atoms with E-state index in [1.165, 1.54) is 11.3 Å². The van der Waals surface area contributed by atoms with Crippen molar-refractivity contribution >= 4 is 5.69 Å². The van der Waals surface area contributed by atoms with Gasteiger partial charge in [-0.15, -0.1) is 0 Å². The largest absolute Gasteiger partial charge is 0.496 e. The molecule has 1 aliphatic heterocycles. The Kier molecular flexibility index (Phi) is 9.25. The lowest BCUT2D eigenvalue weighted by Crippen LogP contribution is -2.17. The van der Waals surface area contributed by atoms with Gasteiger partial charge in [0.1, 0.15) is 5.75 Å². The third kappa shape index (κ3) is 4.65. The Balaban J connectivity index is 0.000000581. The standard InChI is InChI=1S/C10H14N2O.2C2H6/c1-13-10-4-2-3-9-8(10)7-11-5-6-12-9;2*1-2/h2-4,11-12H,5-7H2,1H3;2*1-2H3. The number of rotatable bonds is 1. The SMILES string of the molecule is CC.CC.COc1cccc2c1CNCCN2. The van der Waals surface area contributed by atoms with E-state index in [0.29, 0.717) is 0 Å². The van der Waals surface area contributed by atoms with Gasteiger partial charge in [-0.3, -0.25) is 0 Å². The molecule has 1 aliphatic rings. The van der Waals surface area contributed by atoms with Gasteiger partial charge in [0.25, 0.3) is 0 Å². The molecule has 0 unspecified atom stereocenters. The Labute approximate surface area is 106 Å². The molecule has 0 saturated heterocycles. The lowest BCUT2D eigenvalue weighted by molar-refractivity contribution is 0.409. The van der Waals surface area contributed by atoms with Crippen molar-refractivity contribution in [1.29, 1.82) is 0 Å². The second-order valence-electron chi connectivity index (χ2n) is 3.09. The van der Waals surface area contributed by atoms with Crippen LogP contribution >= 0.6 is 0 Å². The molecule has 0 spiro atoms. The number of fused-ring (bicyclic) bond motifs is 1. The van der Waals surface area contributed by atoms with Gasteiger partial charge in [0.05, 0.1) is 7.11 Å². The fraction of sp³-hybridized carbons (Fsp3) is 0.571. The van der Waals surface area contributed by atoms with E-state index in [-0.39, 0.29) is 0 Å². The van der Waals surface area contributed by atoms with Crippen molar-refractivity contribution in [2.45, 2.75) is 34.2 Å². The molecule has 0 radical (unpaired) electrons. The van der Waals surface area contributed by atoms with E-state index in [0.717, 1.165) is 25.4 Å². The summed E-state index contributed by atoms with van der Waals surface area (Å²) in [7, 11) is 1.71. The Bertz CT molecular complexity index is 300. The summed E-state index contributed by atoms with van der Waals surface area (Å²) in [5.74, 6) is 0.958.